The Morgan fingerprint density at radius 2 is 1.21 bits per heavy atom. The number of likely N-dealkylation sites (N-methyl/N-ethyl adjacent to an activating group) is 1. The zero-order valence-corrected chi connectivity index (χ0v) is 71.6. The average Bonchev–Trinajstić information content (AvgIpc) is 1.80. The number of nitrogens with one attached hydrogen (secondary N) is 2. The second kappa shape index (κ2) is 45.9. The number of carboxylic acids is 1. The third kappa shape index (κ3) is 26.3. The lowest BCUT2D eigenvalue weighted by Gasteiger charge is -2.40. The molecule has 654 valence electrons. The molecule has 5 aromatic rings. The number of methoxy groups -OCH3 is 1. The van der Waals surface area contributed by atoms with Crippen molar-refractivity contribution in [2.45, 2.75) is 189 Å². The number of imide groups is 3. The molecule has 1 aromatic heterocycles. The highest BCUT2D eigenvalue weighted by atomic mass is 32.1. The molecule has 0 bridgehead atoms. The topological polar surface area (TPSA) is 448 Å². The Labute approximate surface area is 708 Å². The number of hydroxylamine groups is 6. The molecule has 0 saturated carbocycles. The summed E-state index contributed by atoms with van der Waals surface area (Å²) in [6.45, 7) is 18.4. The number of ether oxygens (including phenoxy) is 2. The lowest BCUT2D eigenvalue weighted by Crippen LogP contribution is -2.52. The van der Waals surface area contributed by atoms with Crippen molar-refractivity contribution in [2.24, 2.45) is 58.8 Å². The minimum atomic E-state index is -1.25. The molecule has 33 nitrogen and oxygen atoms in total. The molecule has 4 aliphatic rings. The van der Waals surface area contributed by atoms with Crippen LogP contribution in [0.4, 0.5) is 15.3 Å². The van der Waals surface area contributed by atoms with Gasteiger partial charge in [0, 0.05) is 120 Å². The van der Waals surface area contributed by atoms with Gasteiger partial charge < -0.3 is 56.2 Å². The van der Waals surface area contributed by atoms with Crippen molar-refractivity contribution in [3.8, 4) is 0 Å². The normalized spacial score (nSPS) is 16.8. The van der Waals surface area contributed by atoms with Crippen molar-refractivity contribution >= 4 is 112 Å². The van der Waals surface area contributed by atoms with Gasteiger partial charge in [0.15, 0.2) is 24.8 Å². The van der Waals surface area contributed by atoms with E-state index in [1.807, 2.05) is 83.9 Å². The van der Waals surface area contributed by atoms with Crippen molar-refractivity contribution in [1.29, 1.82) is 0 Å². The first-order valence-electron chi connectivity index (χ1n) is 40.6. The van der Waals surface area contributed by atoms with Crippen molar-refractivity contribution in [3.05, 3.63) is 153 Å². The highest BCUT2D eigenvalue weighted by Gasteiger charge is 2.45. The molecular formula is C87H113N11O22S. The molecule has 11 atom stereocenters. The zero-order chi connectivity index (χ0) is 89.2. The fraction of sp³-hybridized carbons (Fsp3) is 0.506. The molecule has 0 spiro atoms. The van der Waals surface area contributed by atoms with E-state index in [4.69, 9.17) is 30.9 Å². The zero-order valence-electron chi connectivity index (χ0n) is 70.8. The van der Waals surface area contributed by atoms with Gasteiger partial charge in [0.1, 0.15) is 12.4 Å². The second-order valence-corrected chi connectivity index (χ2v) is 32.7. The molecule has 12 amide bonds. The summed E-state index contributed by atoms with van der Waals surface area (Å²) >= 11 is 1.55. The standard InChI is InChI=1S/C63H96N8O10S.C14H10N2O7.C10H7NO5/c1-14-41(8)57(42(9)32-54(75)71-30-19-23-50(71)58(80-13)43(10)51(72)35-47(60-66-29-31-82-60)33-44-20-16-15-17-21-44)69(11)61(77)49(38(2)3)36-53(74)56(40(6)7)70(12)63(79)81-37-45-24-26-48(27-25-45)68-59(76)46(22-18-28-67-62(65)78)34-52(73)55(64)39(4)5;17-10-5-6-11(18)15(10)23-12(19)7-22-16-13(20)8-3-1-2-4-9(8)14(16)21;12-8(13)5-16-11-9(14)6-3-1-2-4-7(6)10(11)15/h15-17,20-21,24-27,29,31,38-43,46-47,49-50,55-58H,14,18-19,22-23,28,30,32-37,64H2,1-13H3,(H,68,76)(H3,65,67,78);1-4H,5-7H2;1-4H,5H2,(H,12,13)/t41-,42+,43-,46+,47+,49-,50-,55-,56-,57-,58+;;/m0../s1. The Morgan fingerprint density at radius 1 is 0.645 bits per heavy atom. The molecule has 34 heteroatoms. The smallest absolute Gasteiger partial charge is 0.410 e. The number of amides is 12. The number of hydrogen-bond acceptors (Lipinski definition) is 24. The predicted octanol–water partition coefficient (Wildman–Crippen LogP) is 9.56. The van der Waals surface area contributed by atoms with Gasteiger partial charge in [0.2, 0.25) is 17.7 Å². The van der Waals surface area contributed by atoms with Crippen LogP contribution in [-0.2, 0) is 85.0 Å². The molecule has 7 N–H and O–H groups in total. The van der Waals surface area contributed by atoms with E-state index in [9.17, 15) is 76.7 Å². The first kappa shape index (κ1) is 96.8. The Hall–Kier alpha value is -11.3. The number of hydrogen-bond donors (Lipinski definition) is 5. The number of anilines is 1. The van der Waals surface area contributed by atoms with Crippen molar-refractivity contribution in [2.75, 3.05) is 52.8 Å². The van der Waals surface area contributed by atoms with Gasteiger partial charge >= 0.3 is 24.1 Å². The van der Waals surface area contributed by atoms with Crippen LogP contribution in [-0.4, -0.2) is 212 Å². The molecule has 121 heavy (non-hydrogen) atoms. The monoisotopic (exact) mass is 1700 g/mol. The maximum Gasteiger partial charge on any atom is 0.410 e. The predicted molar refractivity (Wildman–Crippen MR) is 442 cm³/mol. The molecule has 4 aromatic carbocycles. The average molecular weight is 1700 g/mol. The number of benzene rings is 4. The number of fused-ring (bicyclic) bond motifs is 2. The first-order valence-corrected chi connectivity index (χ1v) is 41.5. The Kier molecular flexibility index (Phi) is 36.7. The second-order valence-electron chi connectivity index (χ2n) is 31.7. The van der Waals surface area contributed by atoms with Crippen molar-refractivity contribution in [1.82, 2.24) is 40.2 Å². The molecule has 0 aliphatic carbocycles. The summed E-state index contributed by atoms with van der Waals surface area (Å²) in [6, 6.07) is 26.2. The lowest BCUT2D eigenvalue weighted by molar-refractivity contribution is -0.205. The van der Waals surface area contributed by atoms with Crippen LogP contribution in [0.2, 0.25) is 0 Å². The number of primary amides is 1. The summed E-state index contributed by atoms with van der Waals surface area (Å²) in [7, 11) is 4.90. The van der Waals surface area contributed by atoms with Gasteiger partial charge in [-0.1, -0.05) is 142 Å². The number of urea groups is 1. The molecule has 9 rings (SSSR count). The number of aliphatic carboxylic acids is 1. The molecule has 2 fully saturated rings. The molecular weight excluding hydrogens is 1580 g/mol. The van der Waals surface area contributed by atoms with E-state index in [1.54, 1.807) is 85.1 Å². The summed E-state index contributed by atoms with van der Waals surface area (Å²) in [4.78, 5) is 224. The maximum atomic E-state index is 14.8. The Bertz CT molecular complexity index is 4420. The van der Waals surface area contributed by atoms with E-state index in [0.29, 0.717) is 65.1 Å². The van der Waals surface area contributed by atoms with Crippen LogP contribution in [0.15, 0.2) is 115 Å². The van der Waals surface area contributed by atoms with E-state index in [0.717, 1.165) is 23.4 Å². The third-order valence-corrected chi connectivity index (χ3v) is 23.0. The largest absolute Gasteiger partial charge is 0.479 e. The van der Waals surface area contributed by atoms with E-state index < -0.39 is 109 Å². The van der Waals surface area contributed by atoms with E-state index in [1.165, 1.54) is 36.2 Å². The summed E-state index contributed by atoms with van der Waals surface area (Å²) in [5.74, 6) is -10.2. The minimum Gasteiger partial charge on any atom is -0.479 e. The Balaban J connectivity index is 0.000000412. The number of nitrogens with zero attached hydrogens (tertiary/aromatic N) is 7. The van der Waals surface area contributed by atoms with Crippen LogP contribution in [0.3, 0.4) is 0 Å². The van der Waals surface area contributed by atoms with Crippen molar-refractivity contribution < 1.29 is 106 Å². The van der Waals surface area contributed by atoms with Crippen LogP contribution < -0.4 is 22.1 Å². The van der Waals surface area contributed by atoms with E-state index >= 15 is 0 Å². The van der Waals surface area contributed by atoms with Gasteiger partial charge in [-0.05, 0) is 109 Å². The van der Waals surface area contributed by atoms with Crippen LogP contribution >= 0.6 is 11.3 Å². The van der Waals surface area contributed by atoms with Gasteiger partial charge in [0.25, 0.3) is 35.4 Å². The summed E-state index contributed by atoms with van der Waals surface area (Å²) in [5, 5.41) is 17.9. The first-order chi connectivity index (χ1) is 57.4. The quantitative estimate of drug-likeness (QED) is 0.0179. The van der Waals surface area contributed by atoms with Crippen LogP contribution in [0.1, 0.15) is 203 Å². The van der Waals surface area contributed by atoms with Crippen LogP contribution in [0.5, 0.6) is 0 Å². The molecule has 5 heterocycles. The maximum absolute atomic E-state index is 14.8. The molecule has 0 unspecified atom stereocenters. The van der Waals surface area contributed by atoms with Crippen LogP contribution in [0.25, 0.3) is 0 Å². The number of nitrogens with two attached hydrogens (primary N) is 2. The Morgan fingerprint density at radius 3 is 1.71 bits per heavy atom. The fourth-order valence-electron chi connectivity index (χ4n) is 15.3. The number of thiazole rings is 1. The molecule has 0 radical (unpaired) electrons. The minimum absolute atomic E-state index is 0.0121. The fourth-order valence-corrected chi connectivity index (χ4v) is 16.1. The van der Waals surface area contributed by atoms with Crippen molar-refractivity contribution in [3.63, 3.8) is 0 Å². The number of carboxylic acid groups (broad SMARTS) is 1. The van der Waals surface area contributed by atoms with Gasteiger partial charge in [-0.25, -0.2) is 24.2 Å². The van der Waals surface area contributed by atoms with E-state index in [-0.39, 0.29) is 150 Å². The number of carbonyl (C=O) groups is 16. The number of carbonyl (C=O) groups excluding carboxylic acids is 15. The highest BCUT2D eigenvalue weighted by Crippen LogP contribution is 2.36. The SMILES string of the molecule is CC[C@H](C)[C@@H]([C@H](C)CC(=O)N1CCC[C@H]1[C@H](OC)[C@@H](C)C(=O)C[C@@H](Cc1ccccc1)c1nccs1)N(C)C(=O)[C@@H](CC(=O)[C@H](C(C)C)N(C)C(=O)OCc1ccc(NC(=O)[C@H](CCCNC(N)=O)CC(=O)[C@@H](N)C(C)C)cc1)C(C)C.O=C(CON1C(=O)c2ccccc2C1=O)ON1C(=O)CCC1=O.O=C(O)CON1C(=O)c2ccccc2C1=O. The van der Waals surface area contributed by atoms with E-state index in [2.05, 4.69) is 51.3 Å². The van der Waals surface area contributed by atoms with Crippen LogP contribution in [0, 0.1) is 47.3 Å². The summed E-state index contributed by atoms with van der Waals surface area (Å²) < 4.78 is 11.8. The van der Waals surface area contributed by atoms with Gasteiger partial charge in [0.05, 0.1) is 51.5 Å². The number of Topliss-reactive ketones (excluding diaryl/α,β-unsaturated/α-hetero) is 3. The third-order valence-electron chi connectivity index (χ3n) is 22.0. The van der Waals surface area contributed by atoms with Gasteiger partial charge in [-0.2, -0.15) is 0 Å². The van der Waals surface area contributed by atoms with Gasteiger partial charge in [-0.3, -0.25) is 67.2 Å². The number of likely N-dealkylation sites (tertiary alicyclic amines) is 1. The molecule has 2 saturated heterocycles. The number of rotatable bonds is 41. The lowest BCUT2D eigenvalue weighted by atomic mass is 9.82. The number of ketones is 3. The summed E-state index contributed by atoms with van der Waals surface area (Å²) in [5.41, 5.74) is 14.3. The summed E-state index contributed by atoms with van der Waals surface area (Å²) in [6.07, 6.45) is 4.44. The molecule has 4 aliphatic heterocycles. The van der Waals surface area contributed by atoms with Gasteiger partial charge in [-0.15, -0.1) is 26.5 Å². The highest BCUT2D eigenvalue weighted by molar-refractivity contribution is 7.09. The number of aromatic nitrogens is 1.